The van der Waals surface area contributed by atoms with Crippen LogP contribution in [0.25, 0.3) is 0 Å². The second kappa shape index (κ2) is 7.45. The molecule has 4 nitrogen and oxygen atoms in total. The molecule has 16 heavy (non-hydrogen) atoms. The number of halogens is 3. The first kappa shape index (κ1) is 15.2. The van der Waals surface area contributed by atoms with Crippen LogP contribution < -0.4 is 0 Å². The molecule has 0 spiro atoms. The van der Waals surface area contributed by atoms with E-state index in [-0.39, 0.29) is 19.7 Å². The molecular weight excluding hydrogens is 227 g/mol. The summed E-state index contributed by atoms with van der Waals surface area (Å²) in [5, 5.41) is 0. The van der Waals surface area contributed by atoms with Gasteiger partial charge >= 0.3 is 12.1 Å². The van der Waals surface area contributed by atoms with Gasteiger partial charge in [0.25, 0.3) is 0 Å². The molecule has 0 rings (SSSR count). The lowest BCUT2D eigenvalue weighted by Gasteiger charge is -2.18. The van der Waals surface area contributed by atoms with E-state index in [2.05, 4.69) is 9.47 Å². The quantitative estimate of drug-likeness (QED) is 0.495. The minimum Gasteiger partial charge on any atom is -0.468 e. The Morgan fingerprint density at radius 3 is 2.44 bits per heavy atom. The average molecular weight is 243 g/mol. The Morgan fingerprint density at radius 2 is 2.00 bits per heavy atom. The van der Waals surface area contributed by atoms with Gasteiger partial charge in [0, 0.05) is 6.54 Å². The molecule has 0 heterocycles. The van der Waals surface area contributed by atoms with E-state index in [1.165, 1.54) is 7.11 Å². The normalized spacial score (nSPS) is 11.9. The Kier molecular flexibility index (Phi) is 7.07. The summed E-state index contributed by atoms with van der Waals surface area (Å²) in [6.07, 6.45) is -4.31. The van der Waals surface area contributed by atoms with Crippen LogP contribution >= 0.6 is 0 Å². The Balaban J connectivity index is 3.67. The summed E-state index contributed by atoms with van der Waals surface area (Å²) in [7, 11) is 1.26. The fourth-order valence-corrected chi connectivity index (χ4v) is 0.978. The number of carbonyl (C=O) groups is 1. The number of nitrogens with zero attached hydrogens (tertiary/aromatic N) is 1. The molecule has 0 saturated carbocycles. The summed E-state index contributed by atoms with van der Waals surface area (Å²) in [6.45, 7) is 1.34. The monoisotopic (exact) mass is 243 g/mol. The molecule has 0 fully saturated rings. The van der Waals surface area contributed by atoms with Gasteiger partial charge in [-0.2, -0.15) is 13.2 Å². The van der Waals surface area contributed by atoms with E-state index in [0.717, 1.165) is 0 Å². The first-order valence-corrected chi connectivity index (χ1v) is 4.82. The van der Waals surface area contributed by atoms with E-state index in [1.54, 1.807) is 11.8 Å². The van der Waals surface area contributed by atoms with E-state index in [0.29, 0.717) is 6.54 Å². The first-order valence-electron chi connectivity index (χ1n) is 4.82. The highest BCUT2D eigenvalue weighted by atomic mass is 19.4. The third kappa shape index (κ3) is 8.49. The minimum atomic E-state index is -4.31. The van der Waals surface area contributed by atoms with Gasteiger partial charge in [0.05, 0.1) is 20.3 Å². The van der Waals surface area contributed by atoms with Gasteiger partial charge < -0.3 is 9.47 Å². The van der Waals surface area contributed by atoms with Crippen molar-refractivity contribution < 1.29 is 27.4 Å². The van der Waals surface area contributed by atoms with Crippen LogP contribution in [0.4, 0.5) is 13.2 Å². The number of alkyl halides is 3. The Morgan fingerprint density at radius 1 is 1.38 bits per heavy atom. The fourth-order valence-electron chi connectivity index (χ4n) is 0.978. The van der Waals surface area contributed by atoms with Gasteiger partial charge in [-0.15, -0.1) is 0 Å². The lowest BCUT2D eigenvalue weighted by Crippen LogP contribution is -2.34. The van der Waals surface area contributed by atoms with Gasteiger partial charge in [0.2, 0.25) is 0 Å². The molecule has 0 unspecified atom stereocenters. The van der Waals surface area contributed by atoms with E-state index in [9.17, 15) is 18.0 Å². The second-order valence-electron chi connectivity index (χ2n) is 3.11. The summed E-state index contributed by atoms with van der Waals surface area (Å²) < 4.78 is 44.0. The number of likely N-dealkylation sites (N-methyl/N-ethyl adjacent to an activating group) is 1. The van der Waals surface area contributed by atoms with Gasteiger partial charge in [0.1, 0.15) is 6.61 Å². The van der Waals surface area contributed by atoms with Crippen molar-refractivity contribution in [3.63, 3.8) is 0 Å². The van der Waals surface area contributed by atoms with Crippen LogP contribution in [0.2, 0.25) is 0 Å². The summed E-state index contributed by atoms with van der Waals surface area (Å²) in [6, 6.07) is 0. The maximum absolute atomic E-state index is 11.7. The molecule has 0 bridgehead atoms. The Labute approximate surface area is 92.3 Å². The molecule has 7 heteroatoms. The van der Waals surface area contributed by atoms with Gasteiger partial charge in [0.15, 0.2) is 0 Å². The van der Waals surface area contributed by atoms with Crippen molar-refractivity contribution in [1.82, 2.24) is 4.90 Å². The van der Waals surface area contributed by atoms with E-state index in [1.807, 2.05) is 0 Å². The van der Waals surface area contributed by atoms with Crippen molar-refractivity contribution in [3.8, 4) is 0 Å². The molecule has 0 aliphatic rings. The molecule has 0 aliphatic heterocycles. The van der Waals surface area contributed by atoms with E-state index in [4.69, 9.17) is 0 Å². The maximum Gasteiger partial charge on any atom is 0.411 e. The molecule has 0 saturated heterocycles. The lowest BCUT2D eigenvalue weighted by atomic mass is 10.4. The molecule has 0 aromatic carbocycles. The first-order chi connectivity index (χ1) is 7.39. The van der Waals surface area contributed by atoms with Crippen molar-refractivity contribution in [1.29, 1.82) is 0 Å². The zero-order valence-corrected chi connectivity index (χ0v) is 9.34. The predicted octanol–water partition coefficient (Wildman–Crippen LogP) is 1.06. The van der Waals surface area contributed by atoms with Crippen LogP contribution in [0.1, 0.15) is 6.92 Å². The molecule has 96 valence electrons. The van der Waals surface area contributed by atoms with Crippen LogP contribution in [0.15, 0.2) is 0 Å². The zero-order chi connectivity index (χ0) is 12.6. The van der Waals surface area contributed by atoms with Crippen LogP contribution in [-0.4, -0.2) is 57.0 Å². The summed E-state index contributed by atoms with van der Waals surface area (Å²) in [4.78, 5) is 12.5. The third-order valence-electron chi connectivity index (χ3n) is 1.85. The topological polar surface area (TPSA) is 38.8 Å². The van der Waals surface area contributed by atoms with Crippen molar-refractivity contribution >= 4 is 5.97 Å². The number of hydrogen-bond donors (Lipinski definition) is 0. The summed E-state index contributed by atoms with van der Waals surface area (Å²) >= 11 is 0. The molecule has 0 atom stereocenters. The third-order valence-corrected chi connectivity index (χ3v) is 1.85. The summed E-state index contributed by atoms with van der Waals surface area (Å²) in [5.74, 6) is -0.419. The number of hydrogen-bond acceptors (Lipinski definition) is 4. The summed E-state index contributed by atoms with van der Waals surface area (Å²) in [5.41, 5.74) is 0. The van der Waals surface area contributed by atoms with Crippen LogP contribution in [-0.2, 0) is 14.3 Å². The van der Waals surface area contributed by atoms with Crippen molar-refractivity contribution in [3.05, 3.63) is 0 Å². The SMILES string of the molecule is CCN(CCOCC(F)(F)F)CC(=O)OC. The second-order valence-corrected chi connectivity index (χ2v) is 3.11. The fraction of sp³-hybridized carbons (Fsp3) is 0.889. The molecule has 0 N–H and O–H groups in total. The van der Waals surface area contributed by atoms with Gasteiger partial charge in [-0.05, 0) is 6.54 Å². The number of esters is 1. The van der Waals surface area contributed by atoms with Crippen molar-refractivity contribution in [2.45, 2.75) is 13.1 Å². The van der Waals surface area contributed by atoms with Crippen LogP contribution in [0.3, 0.4) is 0 Å². The number of methoxy groups -OCH3 is 1. The Hall–Kier alpha value is -0.820. The zero-order valence-electron chi connectivity index (χ0n) is 9.34. The average Bonchev–Trinajstić information content (AvgIpc) is 2.20. The maximum atomic E-state index is 11.7. The van der Waals surface area contributed by atoms with E-state index >= 15 is 0 Å². The molecule has 0 aromatic heterocycles. The Bertz CT molecular complexity index is 209. The van der Waals surface area contributed by atoms with Crippen molar-refractivity contribution in [2.24, 2.45) is 0 Å². The number of ether oxygens (including phenoxy) is 2. The lowest BCUT2D eigenvalue weighted by molar-refractivity contribution is -0.174. The highest BCUT2D eigenvalue weighted by Crippen LogP contribution is 2.14. The standard InChI is InChI=1S/C9H16F3NO3/c1-3-13(6-8(14)15-2)4-5-16-7-9(10,11)12/h3-7H2,1-2H3. The van der Waals surface area contributed by atoms with Gasteiger partial charge in [-0.3, -0.25) is 9.69 Å². The molecular formula is C9H16F3NO3. The minimum absolute atomic E-state index is 0.0579. The van der Waals surface area contributed by atoms with Gasteiger partial charge in [-0.25, -0.2) is 0 Å². The predicted molar refractivity (Wildman–Crippen MR) is 51.0 cm³/mol. The largest absolute Gasteiger partial charge is 0.468 e. The number of carbonyl (C=O) groups excluding carboxylic acids is 1. The molecule has 0 radical (unpaired) electrons. The molecule has 0 aliphatic carbocycles. The van der Waals surface area contributed by atoms with Gasteiger partial charge in [-0.1, -0.05) is 6.92 Å². The van der Waals surface area contributed by atoms with Crippen LogP contribution in [0, 0.1) is 0 Å². The van der Waals surface area contributed by atoms with Crippen molar-refractivity contribution in [2.75, 3.05) is 40.0 Å². The smallest absolute Gasteiger partial charge is 0.411 e. The van der Waals surface area contributed by atoms with E-state index < -0.39 is 18.8 Å². The highest BCUT2D eigenvalue weighted by molar-refractivity contribution is 5.71. The highest BCUT2D eigenvalue weighted by Gasteiger charge is 2.27. The number of rotatable bonds is 7. The molecule has 0 aromatic rings. The van der Waals surface area contributed by atoms with Crippen LogP contribution in [0.5, 0.6) is 0 Å². The molecule has 0 amide bonds.